The molecular weight excluding hydrogens is 268 g/mol. The van der Waals surface area contributed by atoms with Gasteiger partial charge in [-0.05, 0) is 37.8 Å². The van der Waals surface area contributed by atoms with Crippen LogP contribution in [0, 0.1) is 12.8 Å². The highest BCUT2D eigenvalue weighted by Gasteiger charge is 2.22. The van der Waals surface area contributed by atoms with Crippen molar-refractivity contribution in [1.29, 1.82) is 0 Å². The van der Waals surface area contributed by atoms with Crippen LogP contribution in [-0.4, -0.2) is 16.9 Å². The molecule has 1 aromatic heterocycles. The molecule has 0 amide bonds. The number of aryl methyl sites for hydroxylation is 1. The van der Waals surface area contributed by atoms with Gasteiger partial charge in [0.05, 0.1) is 5.52 Å². The molecule has 0 aliphatic heterocycles. The monoisotopic (exact) mass is 288 g/mol. The molecule has 2 unspecified atom stereocenters. The van der Waals surface area contributed by atoms with Crippen molar-refractivity contribution >= 4 is 28.2 Å². The number of benzene rings is 1. The minimum Gasteiger partial charge on any atom is -0.384 e. The van der Waals surface area contributed by atoms with Crippen molar-refractivity contribution in [3.05, 3.63) is 36.0 Å². The standard InChI is InChI=1S/C17H21ClN2/c1-12-10-17(14-7-3-5-9-16(14)20-12)19-11-13-6-2-4-8-15(13)18/h3,5,7,9-10,13,15H,2,4,6,8,11H2,1H3,(H,19,20). The Hall–Kier alpha value is -1.28. The first-order chi connectivity index (χ1) is 9.74. The van der Waals surface area contributed by atoms with Gasteiger partial charge in [0, 0.05) is 28.7 Å². The van der Waals surface area contributed by atoms with Crippen LogP contribution in [0.15, 0.2) is 30.3 Å². The number of halogens is 1. The fourth-order valence-electron chi connectivity index (χ4n) is 3.09. The second-order valence-corrected chi connectivity index (χ2v) is 6.33. The summed E-state index contributed by atoms with van der Waals surface area (Å²) in [5.74, 6) is 0.581. The highest BCUT2D eigenvalue weighted by atomic mass is 35.5. The summed E-state index contributed by atoms with van der Waals surface area (Å²) in [6.45, 7) is 3.00. The van der Waals surface area contributed by atoms with E-state index in [4.69, 9.17) is 11.6 Å². The van der Waals surface area contributed by atoms with Crippen molar-refractivity contribution in [3.8, 4) is 0 Å². The van der Waals surface area contributed by atoms with Crippen LogP contribution in [0.4, 0.5) is 5.69 Å². The molecule has 1 aromatic carbocycles. The van der Waals surface area contributed by atoms with E-state index < -0.39 is 0 Å². The maximum Gasteiger partial charge on any atom is 0.0725 e. The molecule has 1 saturated carbocycles. The lowest BCUT2D eigenvalue weighted by atomic mass is 9.88. The fourth-order valence-corrected chi connectivity index (χ4v) is 3.46. The first-order valence-electron chi connectivity index (χ1n) is 7.48. The van der Waals surface area contributed by atoms with Crippen molar-refractivity contribution in [2.45, 2.75) is 38.0 Å². The molecule has 20 heavy (non-hydrogen) atoms. The maximum atomic E-state index is 6.45. The van der Waals surface area contributed by atoms with Crippen LogP contribution in [0.25, 0.3) is 10.9 Å². The highest BCUT2D eigenvalue weighted by molar-refractivity contribution is 6.20. The molecule has 1 aliphatic rings. The van der Waals surface area contributed by atoms with E-state index in [1.165, 1.54) is 30.3 Å². The number of hydrogen-bond acceptors (Lipinski definition) is 2. The van der Waals surface area contributed by atoms with Gasteiger partial charge >= 0.3 is 0 Å². The van der Waals surface area contributed by atoms with Crippen molar-refractivity contribution in [2.24, 2.45) is 5.92 Å². The molecule has 106 valence electrons. The second-order valence-electron chi connectivity index (χ2n) is 5.77. The molecule has 0 saturated heterocycles. The van der Waals surface area contributed by atoms with Gasteiger partial charge in [-0.1, -0.05) is 31.0 Å². The SMILES string of the molecule is Cc1cc(NCC2CCCCC2Cl)c2ccccc2n1. The fraction of sp³-hybridized carbons (Fsp3) is 0.471. The Bertz CT molecular complexity index is 597. The molecule has 0 spiro atoms. The number of anilines is 1. The Kier molecular flexibility index (Phi) is 4.11. The van der Waals surface area contributed by atoms with Gasteiger partial charge in [0.2, 0.25) is 0 Å². The van der Waals surface area contributed by atoms with Crippen LogP contribution in [0.5, 0.6) is 0 Å². The lowest BCUT2D eigenvalue weighted by Crippen LogP contribution is -2.26. The first kappa shape index (κ1) is 13.7. The number of hydrogen-bond donors (Lipinski definition) is 1. The number of pyridine rings is 1. The number of nitrogens with one attached hydrogen (secondary N) is 1. The molecule has 3 heteroatoms. The van der Waals surface area contributed by atoms with Crippen LogP contribution in [-0.2, 0) is 0 Å². The molecule has 1 fully saturated rings. The molecule has 1 N–H and O–H groups in total. The van der Waals surface area contributed by atoms with Crippen molar-refractivity contribution in [1.82, 2.24) is 4.98 Å². The van der Waals surface area contributed by atoms with Gasteiger partial charge in [-0.3, -0.25) is 4.98 Å². The third-order valence-electron chi connectivity index (χ3n) is 4.22. The van der Waals surface area contributed by atoms with E-state index in [9.17, 15) is 0 Å². The molecule has 1 aliphatic carbocycles. The predicted molar refractivity (Wildman–Crippen MR) is 86.6 cm³/mol. The number of aromatic nitrogens is 1. The molecule has 0 bridgehead atoms. The van der Waals surface area contributed by atoms with Gasteiger partial charge < -0.3 is 5.32 Å². The normalized spacial score (nSPS) is 22.9. The van der Waals surface area contributed by atoms with E-state index >= 15 is 0 Å². The minimum atomic E-state index is 0.324. The van der Waals surface area contributed by atoms with Crippen molar-refractivity contribution in [3.63, 3.8) is 0 Å². The van der Waals surface area contributed by atoms with Gasteiger partial charge in [0.15, 0.2) is 0 Å². The van der Waals surface area contributed by atoms with Crippen LogP contribution < -0.4 is 5.32 Å². The summed E-state index contributed by atoms with van der Waals surface area (Å²) in [5, 5.41) is 5.12. The molecule has 2 aromatic rings. The average molecular weight is 289 g/mol. The summed E-state index contributed by atoms with van der Waals surface area (Å²) >= 11 is 6.45. The summed E-state index contributed by atoms with van der Waals surface area (Å²) < 4.78 is 0. The van der Waals surface area contributed by atoms with Crippen molar-refractivity contribution < 1.29 is 0 Å². The van der Waals surface area contributed by atoms with E-state index in [0.717, 1.165) is 24.2 Å². The van der Waals surface area contributed by atoms with Gasteiger partial charge in [-0.15, -0.1) is 11.6 Å². The number of alkyl halides is 1. The number of rotatable bonds is 3. The van der Waals surface area contributed by atoms with Crippen LogP contribution in [0.3, 0.4) is 0 Å². The second kappa shape index (κ2) is 6.01. The zero-order chi connectivity index (χ0) is 13.9. The largest absolute Gasteiger partial charge is 0.384 e. The van der Waals surface area contributed by atoms with E-state index in [1.54, 1.807) is 0 Å². The quantitative estimate of drug-likeness (QED) is 0.824. The summed E-state index contributed by atoms with van der Waals surface area (Å²) in [5.41, 5.74) is 3.29. The third-order valence-corrected chi connectivity index (χ3v) is 4.79. The Balaban J connectivity index is 1.80. The number of para-hydroxylation sites is 1. The summed E-state index contributed by atoms with van der Waals surface area (Å²) in [7, 11) is 0. The van der Waals surface area contributed by atoms with E-state index in [-0.39, 0.29) is 0 Å². The molecule has 1 heterocycles. The number of nitrogens with zero attached hydrogens (tertiary/aromatic N) is 1. The Morgan fingerprint density at radius 3 is 2.90 bits per heavy atom. The third kappa shape index (κ3) is 2.90. The molecule has 2 atom stereocenters. The van der Waals surface area contributed by atoms with Gasteiger partial charge in [-0.2, -0.15) is 0 Å². The van der Waals surface area contributed by atoms with E-state index in [2.05, 4.69) is 34.6 Å². The predicted octanol–water partition coefficient (Wildman–Crippen LogP) is 4.75. The summed E-state index contributed by atoms with van der Waals surface area (Å²) in [6.07, 6.45) is 4.99. The van der Waals surface area contributed by atoms with E-state index in [0.29, 0.717) is 11.3 Å². The lowest BCUT2D eigenvalue weighted by molar-refractivity contribution is 0.381. The van der Waals surface area contributed by atoms with Gasteiger partial charge in [0.25, 0.3) is 0 Å². The molecular formula is C17H21ClN2. The summed E-state index contributed by atoms with van der Waals surface area (Å²) in [6, 6.07) is 10.4. The van der Waals surface area contributed by atoms with Gasteiger partial charge in [0.1, 0.15) is 0 Å². The highest BCUT2D eigenvalue weighted by Crippen LogP contribution is 2.30. The molecule has 2 nitrogen and oxygen atoms in total. The lowest BCUT2D eigenvalue weighted by Gasteiger charge is -2.27. The molecule has 0 radical (unpaired) electrons. The van der Waals surface area contributed by atoms with Crippen molar-refractivity contribution in [2.75, 3.05) is 11.9 Å². The Morgan fingerprint density at radius 2 is 2.05 bits per heavy atom. The summed E-state index contributed by atoms with van der Waals surface area (Å²) in [4.78, 5) is 4.58. The Morgan fingerprint density at radius 1 is 1.25 bits per heavy atom. The average Bonchev–Trinajstić information content (AvgIpc) is 2.46. The number of fused-ring (bicyclic) bond motifs is 1. The van der Waals surface area contributed by atoms with Gasteiger partial charge in [-0.25, -0.2) is 0 Å². The van der Waals surface area contributed by atoms with Crippen LogP contribution in [0.2, 0.25) is 0 Å². The van der Waals surface area contributed by atoms with E-state index in [1.807, 2.05) is 13.0 Å². The van der Waals surface area contributed by atoms with Crippen LogP contribution >= 0.6 is 11.6 Å². The minimum absolute atomic E-state index is 0.324. The van der Waals surface area contributed by atoms with Crippen LogP contribution in [0.1, 0.15) is 31.4 Å². The maximum absolute atomic E-state index is 6.45. The smallest absolute Gasteiger partial charge is 0.0725 e. The topological polar surface area (TPSA) is 24.9 Å². The molecule has 3 rings (SSSR count). The Labute approximate surface area is 125 Å². The first-order valence-corrected chi connectivity index (χ1v) is 7.92. The zero-order valence-electron chi connectivity index (χ0n) is 11.9. The zero-order valence-corrected chi connectivity index (χ0v) is 12.7.